The molecule has 39 heavy (non-hydrogen) atoms. The van der Waals surface area contributed by atoms with Crippen molar-refractivity contribution in [1.82, 2.24) is 39.9 Å². The molecule has 4 aromatic heterocycles. The number of nitrogens with one attached hydrogen (secondary N) is 1. The lowest BCUT2D eigenvalue weighted by atomic mass is 10.2. The molecule has 0 spiro atoms. The molecule has 0 amide bonds. The number of rotatable bonds is 12. The molecule has 0 unspecified atom stereocenters. The molecule has 4 rings (SSSR count). The van der Waals surface area contributed by atoms with Gasteiger partial charge in [0.05, 0.1) is 13.2 Å². The van der Waals surface area contributed by atoms with E-state index in [2.05, 4.69) is 40.0 Å². The Balaban J connectivity index is 1.74. The van der Waals surface area contributed by atoms with Crippen molar-refractivity contribution >= 4 is 16.0 Å². The van der Waals surface area contributed by atoms with Gasteiger partial charge in [0.1, 0.15) is 17.0 Å². The van der Waals surface area contributed by atoms with Crippen molar-refractivity contribution in [3.05, 3.63) is 53.7 Å². The summed E-state index contributed by atoms with van der Waals surface area (Å²) in [4.78, 5) is 17.4. The first-order chi connectivity index (χ1) is 18.6. The zero-order valence-electron chi connectivity index (χ0n) is 22.6. The molecule has 3 atom stereocenters. The maximum atomic E-state index is 13.7. The van der Waals surface area contributed by atoms with Crippen LogP contribution in [0.5, 0.6) is 5.88 Å². The number of ether oxygens (including phenoxy) is 2. The van der Waals surface area contributed by atoms with Gasteiger partial charge in [-0.2, -0.15) is 4.98 Å². The number of methoxy groups -OCH3 is 1. The van der Waals surface area contributed by atoms with Crippen LogP contribution in [0.2, 0.25) is 0 Å². The molecular weight excluding hydrogens is 526 g/mol. The predicted molar refractivity (Wildman–Crippen MR) is 140 cm³/mol. The Bertz CT molecular complexity index is 1500. The van der Waals surface area contributed by atoms with E-state index in [-0.39, 0.29) is 17.6 Å². The van der Waals surface area contributed by atoms with E-state index in [1.54, 1.807) is 49.0 Å². The first-order valence-electron chi connectivity index (χ1n) is 12.3. The van der Waals surface area contributed by atoms with Crippen molar-refractivity contribution in [2.45, 2.75) is 58.4 Å². The maximum Gasteiger partial charge on any atom is 0.240 e. The van der Waals surface area contributed by atoms with Gasteiger partial charge in [0, 0.05) is 32.0 Å². The fraction of sp³-hybridized carbons (Fsp3) is 0.458. The number of aryl methyl sites for hydroxylation is 2. The minimum Gasteiger partial charge on any atom is -0.481 e. The summed E-state index contributed by atoms with van der Waals surface area (Å²) in [6.07, 6.45) is 3.01. The van der Waals surface area contributed by atoms with Gasteiger partial charge in [0.15, 0.2) is 17.5 Å². The molecule has 0 aromatic carbocycles. The molecule has 4 heterocycles. The van der Waals surface area contributed by atoms with Gasteiger partial charge in [-0.05, 0) is 38.8 Å². The van der Waals surface area contributed by atoms with E-state index in [1.807, 2.05) is 13.8 Å². The van der Waals surface area contributed by atoms with Crippen LogP contribution >= 0.6 is 0 Å². The van der Waals surface area contributed by atoms with Gasteiger partial charge < -0.3 is 14.0 Å². The van der Waals surface area contributed by atoms with E-state index in [9.17, 15) is 8.42 Å². The van der Waals surface area contributed by atoms with E-state index in [1.165, 1.54) is 14.0 Å². The van der Waals surface area contributed by atoms with E-state index >= 15 is 0 Å². The van der Waals surface area contributed by atoms with Gasteiger partial charge in [-0.3, -0.25) is 9.29 Å². The van der Waals surface area contributed by atoms with Gasteiger partial charge >= 0.3 is 0 Å². The molecule has 0 fully saturated rings. The Hall–Kier alpha value is -3.98. The van der Waals surface area contributed by atoms with Crippen molar-refractivity contribution in [3.8, 4) is 17.4 Å². The lowest BCUT2D eigenvalue weighted by Crippen LogP contribution is -2.34. The lowest BCUT2D eigenvalue weighted by Gasteiger charge is -2.24. The second-order valence-electron chi connectivity index (χ2n) is 8.89. The van der Waals surface area contributed by atoms with Gasteiger partial charge in [0.2, 0.25) is 27.7 Å². The summed E-state index contributed by atoms with van der Waals surface area (Å²) < 4.78 is 47.8. The monoisotopic (exact) mass is 557 g/mol. The van der Waals surface area contributed by atoms with Gasteiger partial charge in [-0.1, -0.05) is 18.1 Å². The molecule has 208 valence electrons. The van der Waals surface area contributed by atoms with Crippen LogP contribution in [0.3, 0.4) is 0 Å². The third kappa shape index (κ3) is 6.20. The Morgan fingerprint density at radius 2 is 1.82 bits per heavy atom. The Morgan fingerprint density at radius 3 is 2.46 bits per heavy atom. The Labute approximate surface area is 226 Å². The van der Waals surface area contributed by atoms with E-state index in [0.29, 0.717) is 36.3 Å². The van der Waals surface area contributed by atoms with Crippen LogP contribution in [0.4, 0.5) is 5.95 Å². The number of hydrogen-bond donors (Lipinski definition) is 1. The topological polar surface area (TPSA) is 173 Å². The van der Waals surface area contributed by atoms with Gasteiger partial charge in [-0.25, -0.2) is 23.4 Å². The number of sulfonamides is 1. The Morgan fingerprint density at radius 1 is 1.08 bits per heavy atom. The highest BCUT2D eigenvalue weighted by Crippen LogP contribution is 2.30. The van der Waals surface area contributed by atoms with E-state index in [4.69, 9.17) is 14.0 Å². The third-order valence-corrected chi connectivity index (χ3v) is 7.56. The normalized spacial score (nSPS) is 14.1. The second kappa shape index (κ2) is 11.8. The highest BCUT2D eigenvalue weighted by atomic mass is 32.2. The molecule has 0 aliphatic heterocycles. The highest BCUT2D eigenvalue weighted by molar-refractivity contribution is 7.93. The first kappa shape index (κ1) is 28.0. The Kier molecular flexibility index (Phi) is 8.50. The molecule has 0 aliphatic rings. The van der Waals surface area contributed by atoms with Crippen LogP contribution < -0.4 is 9.46 Å². The third-order valence-electron chi connectivity index (χ3n) is 5.87. The molecule has 0 saturated carbocycles. The summed E-state index contributed by atoms with van der Waals surface area (Å²) in [5, 5.41) is 11.3. The SMILES string of the molecule is CCCO[C@@H](c1ncc(C)cn1)[C@H](C)S(=O)(=O)Nc1nnc(-c2cccc(OC)n2)n1[C@H](C)c1noc(C)n1. The van der Waals surface area contributed by atoms with Crippen LogP contribution in [-0.2, 0) is 14.8 Å². The second-order valence-corrected chi connectivity index (χ2v) is 10.9. The van der Waals surface area contributed by atoms with E-state index < -0.39 is 27.4 Å². The van der Waals surface area contributed by atoms with Crippen molar-refractivity contribution in [2.75, 3.05) is 18.4 Å². The fourth-order valence-electron chi connectivity index (χ4n) is 3.75. The summed E-state index contributed by atoms with van der Waals surface area (Å²) in [6.45, 7) is 9.07. The number of pyridine rings is 1. The molecule has 1 N–H and O–H groups in total. The molecule has 4 aromatic rings. The fourth-order valence-corrected chi connectivity index (χ4v) is 4.86. The molecular formula is C24H31N9O5S. The zero-order chi connectivity index (χ0) is 28.2. The molecule has 0 bridgehead atoms. The summed E-state index contributed by atoms with van der Waals surface area (Å²) >= 11 is 0. The number of nitrogens with zero attached hydrogens (tertiary/aromatic N) is 8. The molecule has 14 nitrogen and oxygen atoms in total. The van der Waals surface area contributed by atoms with Crippen molar-refractivity contribution in [3.63, 3.8) is 0 Å². The number of anilines is 1. The van der Waals surface area contributed by atoms with Crippen LogP contribution in [-0.4, -0.2) is 67.2 Å². The lowest BCUT2D eigenvalue weighted by molar-refractivity contribution is 0.0466. The van der Waals surface area contributed by atoms with Crippen LogP contribution in [0.15, 0.2) is 35.1 Å². The smallest absolute Gasteiger partial charge is 0.240 e. The molecule has 0 saturated heterocycles. The van der Waals surface area contributed by atoms with Crippen LogP contribution in [0, 0.1) is 13.8 Å². The molecule has 15 heteroatoms. The summed E-state index contributed by atoms with van der Waals surface area (Å²) in [6, 6.07) is 4.51. The average Bonchev–Trinajstić information content (AvgIpc) is 3.55. The quantitative estimate of drug-likeness (QED) is 0.270. The summed E-state index contributed by atoms with van der Waals surface area (Å²) in [5.41, 5.74) is 1.25. The molecule has 0 radical (unpaired) electrons. The number of aromatic nitrogens is 8. The number of hydrogen-bond acceptors (Lipinski definition) is 12. The predicted octanol–water partition coefficient (Wildman–Crippen LogP) is 3.05. The zero-order valence-corrected chi connectivity index (χ0v) is 23.4. The minimum absolute atomic E-state index is 0.0597. The van der Waals surface area contributed by atoms with Gasteiger partial charge in [0.25, 0.3) is 0 Å². The standard InChI is InChI=1S/C24H31N9O5S/c1-7-11-37-20(22-25-12-14(2)13-26-22)16(4)39(34,35)32-24-30-29-23(18-9-8-10-19(28-18)36-6)33(24)15(3)21-27-17(5)38-31-21/h8-10,12-13,15-16,20H,7,11H2,1-6H3,(H,30,32)/t15-,16+,20-/m1/s1. The van der Waals surface area contributed by atoms with E-state index in [0.717, 1.165) is 5.56 Å². The highest BCUT2D eigenvalue weighted by Gasteiger charge is 2.35. The first-order valence-corrected chi connectivity index (χ1v) is 13.9. The molecule has 0 aliphatic carbocycles. The van der Waals surface area contributed by atoms with Crippen molar-refractivity contribution < 1.29 is 22.4 Å². The van der Waals surface area contributed by atoms with Crippen LogP contribution in [0.25, 0.3) is 11.5 Å². The summed E-state index contributed by atoms with van der Waals surface area (Å²) in [5.74, 6) is 1.50. The van der Waals surface area contributed by atoms with Crippen LogP contribution in [0.1, 0.15) is 62.4 Å². The maximum absolute atomic E-state index is 13.7. The largest absolute Gasteiger partial charge is 0.481 e. The summed E-state index contributed by atoms with van der Waals surface area (Å²) in [7, 11) is -2.61. The average molecular weight is 558 g/mol. The van der Waals surface area contributed by atoms with Crippen molar-refractivity contribution in [2.24, 2.45) is 0 Å². The van der Waals surface area contributed by atoms with Gasteiger partial charge in [-0.15, -0.1) is 10.2 Å². The minimum atomic E-state index is -4.10. The van der Waals surface area contributed by atoms with Crippen molar-refractivity contribution in [1.29, 1.82) is 0 Å².